The molecule has 4 atom stereocenters. The number of amides is 2. The van der Waals surface area contributed by atoms with Gasteiger partial charge in [-0.3, -0.25) is 19.3 Å². The van der Waals surface area contributed by atoms with Crippen molar-refractivity contribution in [3.8, 4) is 0 Å². The Morgan fingerprint density at radius 1 is 1.08 bits per heavy atom. The Hall–Kier alpha value is -2.65. The van der Waals surface area contributed by atoms with E-state index in [0.717, 1.165) is 57.6 Å². The number of hydrogen-bond acceptors (Lipinski definition) is 5. The normalized spacial score (nSPS) is 23.6. The van der Waals surface area contributed by atoms with Gasteiger partial charge in [0.2, 0.25) is 11.8 Å². The third-order valence-corrected chi connectivity index (χ3v) is 10.7. The predicted octanol–water partition coefficient (Wildman–Crippen LogP) is 7.83. The second kappa shape index (κ2) is 18.5. The van der Waals surface area contributed by atoms with E-state index in [4.69, 9.17) is 4.74 Å². The Labute approximate surface area is 294 Å². The largest absolute Gasteiger partial charge is 0.368 e. The number of likely N-dealkylation sites (tertiary alicyclic amines) is 1. The van der Waals surface area contributed by atoms with Crippen LogP contribution in [-0.2, 0) is 19.1 Å². The number of allylic oxidation sites excluding steroid dienone is 1. The average molecular weight is 688 g/mol. The van der Waals surface area contributed by atoms with Crippen LogP contribution in [0.2, 0.25) is 0 Å². The van der Waals surface area contributed by atoms with Crippen molar-refractivity contribution in [3.63, 3.8) is 0 Å². The van der Waals surface area contributed by atoms with Gasteiger partial charge in [0.1, 0.15) is 17.7 Å². The number of carbonyl (C=O) groups is 3. The number of halogens is 2. The highest BCUT2D eigenvalue weighted by Gasteiger charge is 2.42. The fourth-order valence-corrected chi connectivity index (χ4v) is 7.07. The van der Waals surface area contributed by atoms with Gasteiger partial charge in [-0.05, 0) is 95.8 Å². The molecule has 9 heteroatoms. The van der Waals surface area contributed by atoms with Crippen LogP contribution in [0, 0.1) is 28.9 Å². The van der Waals surface area contributed by atoms with E-state index in [-0.39, 0.29) is 41.1 Å². The van der Waals surface area contributed by atoms with E-state index in [1.54, 1.807) is 18.0 Å². The second-order valence-corrected chi connectivity index (χ2v) is 16.1. The van der Waals surface area contributed by atoms with E-state index in [0.29, 0.717) is 43.1 Å². The monoisotopic (exact) mass is 687 g/mol. The summed E-state index contributed by atoms with van der Waals surface area (Å²) in [4.78, 5) is 41.9. The van der Waals surface area contributed by atoms with Crippen molar-refractivity contribution in [2.24, 2.45) is 17.3 Å². The highest BCUT2D eigenvalue weighted by molar-refractivity contribution is 5.94. The summed E-state index contributed by atoms with van der Waals surface area (Å²) in [7, 11) is 1.77. The van der Waals surface area contributed by atoms with Gasteiger partial charge >= 0.3 is 0 Å². The lowest BCUT2D eigenvalue weighted by Crippen LogP contribution is -2.43. The predicted molar refractivity (Wildman–Crippen MR) is 192 cm³/mol. The molecule has 0 bridgehead atoms. The van der Waals surface area contributed by atoms with Crippen LogP contribution in [0.3, 0.4) is 0 Å². The number of carbonyl (C=O) groups excluding carboxylic acids is 3. The van der Waals surface area contributed by atoms with E-state index in [2.05, 4.69) is 51.8 Å². The zero-order valence-electron chi connectivity index (χ0n) is 31.5. The number of rotatable bonds is 12. The van der Waals surface area contributed by atoms with Crippen molar-refractivity contribution < 1.29 is 27.9 Å². The van der Waals surface area contributed by atoms with Crippen molar-refractivity contribution in [2.45, 2.75) is 136 Å². The Morgan fingerprint density at radius 3 is 2.35 bits per heavy atom. The lowest BCUT2D eigenvalue weighted by atomic mass is 9.75. The van der Waals surface area contributed by atoms with Crippen LogP contribution >= 0.6 is 0 Å². The molecule has 1 saturated carbocycles. The zero-order chi connectivity index (χ0) is 36.4. The molecule has 0 spiro atoms. The Kier molecular flexibility index (Phi) is 15.4. The minimum atomic E-state index is -0.627. The van der Waals surface area contributed by atoms with Crippen molar-refractivity contribution in [2.75, 3.05) is 33.3 Å². The maximum Gasteiger partial charge on any atom is 0.249 e. The SMILES string of the molecule is CC1(C)CCC(NC(=O)[C@@H]2CCCO2)CC1.CCCCC[C@H](/C=C/C(=O)[C@@H]1CN(C(C)(C)C)C[C@H]1c1ccc(F)cc1F)C(=O)N(C)CC. The Morgan fingerprint density at radius 2 is 1.78 bits per heavy atom. The Bertz CT molecular complexity index is 1260. The lowest BCUT2D eigenvalue weighted by Gasteiger charge is -2.34. The quantitative estimate of drug-likeness (QED) is 0.179. The molecular formula is C40H63F2N3O4. The minimum Gasteiger partial charge on any atom is -0.368 e. The van der Waals surface area contributed by atoms with E-state index in [1.165, 1.54) is 31.1 Å². The molecule has 1 aromatic carbocycles. The summed E-state index contributed by atoms with van der Waals surface area (Å²) in [6.07, 6.45) is 13.4. The molecule has 2 aliphatic heterocycles. The van der Waals surface area contributed by atoms with Crippen LogP contribution in [0.1, 0.15) is 124 Å². The molecule has 1 N–H and O–H groups in total. The third kappa shape index (κ3) is 12.3. The van der Waals surface area contributed by atoms with E-state index in [1.807, 2.05) is 6.92 Å². The molecule has 1 aliphatic carbocycles. The summed E-state index contributed by atoms with van der Waals surface area (Å²) in [6.45, 7) is 17.2. The molecule has 0 radical (unpaired) electrons. The van der Waals surface area contributed by atoms with Gasteiger partial charge in [0, 0.05) is 62.8 Å². The first-order valence-corrected chi connectivity index (χ1v) is 18.6. The Balaban J connectivity index is 0.000000337. The number of ketones is 1. The summed E-state index contributed by atoms with van der Waals surface area (Å²) >= 11 is 0. The first-order chi connectivity index (χ1) is 23.1. The number of unbranched alkanes of at least 4 members (excludes halogenated alkanes) is 2. The number of ether oxygens (including phenoxy) is 1. The van der Waals surface area contributed by atoms with Crippen LogP contribution in [-0.4, -0.2) is 78.4 Å². The molecule has 7 nitrogen and oxygen atoms in total. The van der Waals surface area contributed by atoms with Crippen LogP contribution in [0.25, 0.3) is 0 Å². The highest BCUT2D eigenvalue weighted by Crippen LogP contribution is 2.38. The molecule has 1 aromatic rings. The summed E-state index contributed by atoms with van der Waals surface area (Å²) in [6, 6.07) is 3.97. The lowest BCUT2D eigenvalue weighted by molar-refractivity contribution is -0.133. The third-order valence-electron chi connectivity index (χ3n) is 10.7. The molecular weight excluding hydrogens is 624 g/mol. The van der Waals surface area contributed by atoms with E-state index < -0.39 is 17.6 Å². The molecule has 2 saturated heterocycles. The number of benzene rings is 1. The summed E-state index contributed by atoms with van der Waals surface area (Å²) in [5.41, 5.74) is 0.650. The molecule has 3 aliphatic rings. The van der Waals surface area contributed by atoms with E-state index >= 15 is 0 Å². The van der Waals surface area contributed by atoms with Crippen LogP contribution in [0.4, 0.5) is 8.78 Å². The van der Waals surface area contributed by atoms with Crippen molar-refractivity contribution >= 4 is 17.6 Å². The summed E-state index contributed by atoms with van der Waals surface area (Å²) < 4.78 is 33.5. The molecule has 3 fully saturated rings. The van der Waals surface area contributed by atoms with Gasteiger partial charge in [-0.1, -0.05) is 52.2 Å². The number of hydrogen-bond donors (Lipinski definition) is 1. The second-order valence-electron chi connectivity index (χ2n) is 16.1. The standard InChI is InChI=1S/C27H40F2N2O2.C13H23NO2/c1-7-9-10-11-19(26(33)30(6)8-2)12-15-25(32)23-18-31(27(3,4)5)17-22(23)21-14-13-20(28)16-24(21)29;1-13(2)7-5-10(6-8-13)14-12(15)11-4-3-9-16-11/h12-16,19,22-23H,7-11,17-18H2,1-6H3;10-11H,3-9H2,1-2H3,(H,14,15)/b15-12+;/t19-,22+,23-;11-/m10/s1. The van der Waals surface area contributed by atoms with Crippen LogP contribution in [0.5, 0.6) is 0 Å². The molecule has 276 valence electrons. The topological polar surface area (TPSA) is 79.0 Å². The number of nitrogens with one attached hydrogen (secondary N) is 1. The molecule has 2 amide bonds. The summed E-state index contributed by atoms with van der Waals surface area (Å²) in [5, 5.41) is 3.13. The van der Waals surface area contributed by atoms with Crippen molar-refractivity contribution in [1.29, 1.82) is 0 Å². The fraction of sp³-hybridized carbons (Fsp3) is 0.725. The molecule has 0 unspecified atom stereocenters. The van der Waals surface area contributed by atoms with Gasteiger partial charge < -0.3 is 15.0 Å². The van der Waals surface area contributed by atoms with Gasteiger partial charge in [0.05, 0.1) is 5.92 Å². The zero-order valence-corrected chi connectivity index (χ0v) is 31.5. The average Bonchev–Trinajstić information content (AvgIpc) is 3.75. The van der Waals surface area contributed by atoms with Crippen molar-refractivity contribution in [1.82, 2.24) is 15.1 Å². The van der Waals surface area contributed by atoms with Gasteiger partial charge in [-0.2, -0.15) is 0 Å². The van der Waals surface area contributed by atoms with Crippen LogP contribution in [0.15, 0.2) is 30.4 Å². The van der Waals surface area contributed by atoms with Gasteiger partial charge in [-0.15, -0.1) is 0 Å². The highest BCUT2D eigenvalue weighted by atomic mass is 19.1. The first kappa shape index (κ1) is 40.8. The number of nitrogens with zero attached hydrogens (tertiary/aromatic N) is 2. The van der Waals surface area contributed by atoms with E-state index in [9.17, 15) is 23.2 Å². The smallest absolute Gasteiger partial charge is 0.249 e. The molecule has 49 heavy (non-hydrogen) atoms. The van der Waals surface area contributed by atoms with Crippen LogP contribution < -0.4 is 5.32 Å². The van der Waals surface area contributed by atoms with Gasteiger partial charge in [-0.25, -0.2) is 8.78 Å². The molecule has 4 rings (SSSR count). The maximum absolute atomic E-state index is 14.6. The fourth-order valence-electron chi connectivity index (χ4n) is 7.07. The first-order valence-electron chi connectivity index (χ1n) is 18.6. The minimum absolute atomic E-state index is 0.0153. The maximum atomic E-state index is 14.6. The van der Waals surface area contributed by atoms with Gasteiger partial charge in [0.15, 0.2) is 5.78 Å². The molecule has 0 aromatic heterocycles. The summed E-state index contributed by atoms with van der Waals surface area (Å²) in [5.74, 6) is -2.38. The molecule has 2 heterocycles. The van der Waals surface area contributed by atoms with Gasteiger partial charge in [0.25, 0.3) is 0 Å². The van der Waals surface area contributed by atoms with Crippen molar-refractivity contribution in [3.05, 3.63) is 47.5 Å².